The third-order valence-corrected chi connectivity index (χ3v) is 24.9. The summed E-state index contributed by atoms with van der Waals surface area (Å²) in [5, 5.41) is 7.54. The lowest BCUT2D eigenvalue weighted by Crippen LogP contribution is -2.09. The van der Waals surface area contributed by atoms with Crippen molar-refractivity contribution in [2.45, 2.75) is 0 Å². The molecule has 0 bridgehead atoms. The molecule has 0 atom stereocenters. The zero-order chi connectivity index (χ0) is 89.8. The van der Waals surface area contributed by atoms with Crippen LogP contribution in [-0.2, 0) is 0 Å². The number of hydrogen-bond acceptors (Lipinski definition) is 2. The molecule has 0 saturated heterocycles. The van der Waals surface area contributed by atoms with Crippen LogP contribution in [0, 0.1) is 0 Å². The zero-order valence-electron chi connectivity index (χ0n) is 74.3. The van der Waals surface area contributed by atoms with Gasteiger partial charge < -0.3 is 9.80 Å². The van der Waals surface area contributed by atoms with E-state index in [2.05, 4.69) is 574 Å². The molecule has 0 heterocycles. The van der Waals surface area contributed by atoms with E-state index in [0.29, 0.717) is 0 Å². The minimum Gasteiger partial charge on any atom is -0.311 e. The van der Waals surface area contributed by atoms with Gasteiger partial charge in [-0.15, -0.1) is 0 Å². The average Bonchev–Trinajstić information content (AvgIpc) is 0.789. The van der Waals surface area contributed by atoms with Gasteiger partial charge >= 0.3 is 0 Å². The predicted molar refractivity (Wildman–Crippen MR) is 580 cm³/mol. The molecule has 0 amide bonds. The molecule has 0 radical (unpaired) electrons. The molecule has 134 heavy (non-hydrogen) atoms. The van der Waals surface area contributed by atoms with Gasteiger partial charge in [0.25, 0.3) is 0 Å². The maximum Gasteiger partial charge on any atom is 0.0462 e. The third-order valence-electron chi connectivity index (χ3n) is 24.9. The molecule has 0 aliphatic rings. The van der Waals surface area contributed by atoms with Crippen LogP contribution in [0.2, 0.25) is 0 Å². The van der Waals surface area contributed by atoms with Gasteiger partial charge in [0.05, 0.1) is 0 Å². The molecule has 0 aliphatic carbocycles. The van der Waals surface area contributed by atoms with Crippen LogP contribution >= 0.6 is 0 Å². The molecule has 0 aliphatic heterocycles. The van der Waals surface area contributed by atoms with Crippen molar-refractivity contribution < 1.29 is 0 Å². The highest BCUT2D eigenvalue weighted by Crippen LogP contribution is 2.42. The first-order valence-corrected chi connectivity index (χ1v) is 45.9. The topological polar surface area (TPSA) is 6.48 Å². The van der Waals surface area contributed by atoms with Gasteiger partial charge in [0.1, 0.15) is 0 Å². The van der Waals surface area contributed by atoms with Crippen molar-refractivity contribution in [1.29, 1.82) is 0 Å². The first kappa shape index (κ1) is 84.6. The molecule has 21 rings (SSSR count). The van der Waals surface area contributed by atoms with Crippen molar-refractivity contribution in [2.24, 2.45) is 0 Å². The summed E-state index contributed by atoms with van der Waals surface area (Å²) in [6.45, 7) is 0. The largest absolute Gasteiger partial charge is 0.311 e. The van der Waals surface area contributed by atoms with Crippen molar-refractivity contribution in [2.75, 3.05) is 9.80 Å². The van der Waals surface area contributed by atoms with Gasteiger partial charge in [-0.3, -0.25) is 0 Å². The van der Waals surface area contributed by atoms with Crippen LogP contribution in [-0.4, -0.2) is 0 Å². The Hall–Kier alpha value is -17.6. The monoisotopic (exact) mass is 1710 g/mol. The molecule has 0 aromatic heterocycles. The first-order valence-electron chi connectivity index (χ1n) is 45.9. The number of anilines is 6. The third kappa shape index (κ3) is 20.6. The lowest BCUT2D eigenvalue weighted by Gasteiger charge is -2.26. The molecule has 0 fully saturated rings. The van der Waals surface area contributed by atoms with Crippen LogP contribution in [0.15, 0.2) is 510 Å². The summed E-state index contributed by atoms with van der Waals surface area (Å²) in [6.07, 6.45) is 26.2. The second-order valence-corrected chi connectivity index (χ2v) is 33.6. The molecule has 21 aromatic rings. The Bertz CT molecular complexity index is 6970. The second-order valence-electron chi connectivity index (χ2n) is 33.6. The molecule has 0 unspecified atom stereocenters. The van der Waals surface area contributed by atoms with E-state index in [1.54, 1.807) is 0 Å². The van der Waals surface area contributed by atoms with Crippen molar-refractivity contribution in [3.8, 4) is 66.8 Å². The molecule has 2 heteroatoms. The lowest BCUT2D eigenvalue weighted by atomic mass is 10.0. The van der Waals surface area contributed by atoms with Crippen LogP contribution in [0.25, 0.3) is 172 Å². The van der Waals surface area contributed by atoms with Crippen LogP contribution in [0.4, 0.5) is 34.1 Å². The molecular weight excluding hydrogens is 1610 g/mol. The molecule has 0 saturated carbocycles. The summed E-state index contributed by atoms with van der Waals surface area (Å²) in [4.78, 5) is 4.69. The van der Waals surface area contributed by atoms with Crippen LogP contribution in [0.1, 0.15) is 66.8 Å². The summed E-state index contributed by atoms with van der Waals surface area (Å²) in [5.74, 6) is 0. The van der Waals surface area contributed by atoms with Gasteiger partial charge in [0.2, 0.25) is 0 Å². The van der Waals surface area contributed by atoms with Gasteiger partial charge in [0.15, 0.2) is 0 Å². The van der Waals surface area contributed by atoms with E-state index < -0.39 is 0 Å². The van der Waals surface area contributed by atoms with E-state index in [1.165, 1.54) is 166 Å². The quantitative estimate of drug-likeness (QED) is 0.0557. The smallest absolute Gasteiger partial charge is 0.0462 e. The Kier molecular flexibility index (Phi) is 25.8. The van der Waals surface area contributed by atoms with E-state index in [4.69, 9.17) is 0 Å². The highest BCUT2D eigenvalue weighted by molar-refractivity contribution is 5.97. The van der Waals surface area contributed by atoms with E-state index >= 15 is 0 Å². The van der Waals surface area contributed by atoms with Crippen LogP contribution < -0.4 is 9.80 Å². The predicted octanol–water partition coefficient (Wildman–Crippen LogP) is 36.8. The summed E-state index contributed by atoms with van der Waals surface area (Å²) in [7, 11) is 0. The van der Waals surface area contributed by atoms with Gasteiger partial charge in [-0.25, -0.2) is 0 Å². The normalized spacial score (nSPS) is 11.6. The number of hydrogen-bond donors (Lipinski definition) is 0. The Balaban J connectivity index is 0.000000169. The minimum absolute atomic E-state index is 1.09. The molecule has 0 spiro atoms. The maximum atomic E-state index is 2.35. The summed E-state index contributed by atoms with van der Waals surface area (Å²) >= 11 is 0. The SMILES string of the molecule is C(=C\c1ccc(-c2ccc(N(c3ccc(-c4ccc(/C=C/c5ccccc5)cc4)cc3)c3ccc(-c4ccc(/C=C/c5ccccc5)cc4)cc3)cc2)cc1)/c1ccccc1.C(=C\c1cccc2ccccc12)/c1ccc(-c2ccc(N(c3ccc(-c4ccc(/C=C/c5cccc6ccccc56)cc4)cc3)c3ccc(-c4ccc(/C=C/c5cccc6ccccc56)cc4)cc3)cc2)cc1. The Morgan fingerprint density at radius 2 is 0.246 bits per heavy atom. The number of benzene rings is 21. The van der Waals surface area contributed by atoms with Crippen molar-refractivity contribution in [1.82, 2.24) is 0 Å². The number of rotatable bonds is 24. The highest BCUT2D eigenvalue weighted by atomic mass is 15.1. The molecule has 2 nitrogen and oxygen atoms in total. The molecule has 0 N–H and O–H groups in total. The van der Waals surface area contributed by atoms with Gasteiger partial charge in [-0.1, -0.05) is 510 Å². The van der Waals surface area contributed by atoms with E-state index in [1.807, 2.05) is 18.2 Å². The van der Waals surface area contributed by atoms with Gasteiger partial charge in [-0.2, -0.15) is 0 Å². The Morgan fingerprint density at radius 1 is 0.104 bits per heavy atom. The highest BCUT2D eigenvalue weighted by Gasteiger charge is 2.18. The second kappa shape index (κ2) is 40.8. The summed E-state index contributed by atoms with van der Waals surface area (Å²) < 4.78 is 0. The number of nitrogens with zero attached hydrogens (tertiary/aromatic N) is 2. The number of fused-ring (bicyclic) bond motifs is 3. The van der Waals surface area contributed by atoms with Crippen LogP contribution in [0.5, 0.6) is 0 Å². The van der Waals surface area contributed by atoms with E-state index in [-0.39, 0.29) is 0 Å². The fraction of sp³-hybridized carbons (Fsp3) is 0. The maximum absolute atomic E-state index is 2.35. The van der Waals surface area contributed by atoms with E-state index in [9.17, 15) is 0 Å². The van der Waals surface area contributed by atoms with Gasteiger partial charge in [-0.05, 0) is 239 Å². The Morgan fingerprint density at radius 3 is 0.433 bits per heavy atom. The minimum atomic E-state index is 1.09. The van der Waals surface area contributed by atoms with Crippen LogP contribution in [0.3, 0.4) is 0 Å². The standard InChI is InChI=1S/C72H51N.C60H45N/c1-4-19-70-61(10-1)13-7-16-64(70)37-28-52-22-31-55(32-23-52)58-40-46-67(47-41-58)73(68-48-42-59(43-49-68)56-33-24-53(25-34-56)29-38-65-17-8-14-62-11-2-5-20-71(62)65)69-50-44-60(45-51-69)57-35-26-54(27-36-57)30-39-66-18-9-15-63-12-3-6-21-72(63)66;1-4-10-46(11-5-1)16-19-49-22-28-52(29-23-49)55-34-40-58(41-35-55)61(59-42-36-56(37-43-59)53-30-24-50(25-31-53)20-17-47-12-6-2-7-13-47)60-44-38-57(39-45-60)54-32-26-51(27-33-54)21-18-48-14-8-3-9-15-48/h1-51H;1-45H/b37-28+,38-29+,39-30+;19-16+,20-17+,21-18+. The first-order chi connectivity index (χ1) is 66.3. The Labute approximate surface area is 786 Å². The van der Waals surface area contributed by atoms with Crippen molar-refractivity contribution >= 4 is 139 Å². The van der Waals surface area contributed by atoms with Crippen molar-refractivity contribution in [3.63, 3.8) is 0 Å². The fourth-order valence-electron chi connectivity index (χ4n) is 17.4. The lowest BCUT2D eigenvalue weighted by molar-refractivity contribution is 1.28. The zero-order valence-corrected chi connectivity index (χ0v) is 74.3. The summed E-state index contributed by atoms with van der Waals surface area (Å²) in [5.41, 5.74) is 35.0. The van der Waals surface area contributed by atoms with Crippen molar-refractivity contribution in [3.05, 3.63) is 576 Å². The van der Waals surface area contributed by atoms with E-state index in [0.717, 1.165) is 34.1 Å². The molecular formula is C132H96N2. The average molecular weight is 1710 g/mol. The molecule has 634 valence electrons. The fourth-order valence-corrected chi connectivity index (χ4v) is 17.4. The molecule has 21 aromatic carbocycles. The summed E-state index contributed by atoms with van der Waals surface area (Å²) in [6, 6.07) is 183. The van der Waals surface area contributed by atoms with Gasteiger partial charge in [0, 0.05) is 34.1 Å².